The molecule has 0 radical (unpaired) electrons. The van der Waals surface area contributed by atoms with Crippen LogP contribution in [0.2, 0.25) is 0 Å². The van der Waals surface area contributed by atoms with Crippen molar-refractivity contribution >= 4 is 17.1 Å². The number of benzene rings is 2. The van der Waals surface area contributed by atoms with Crippen molar-refractivity contribution < 1.29 is 14.6 Å². The Balaban J connectivity index is 1.63. The van der Waals surface area contributed by atoms with E-state index in [-0.39, 0.29) is 16.9 Å². The number of aliphatic hydroxyl groups is 2. The van der Waals surface area contributed by atoms with Crippen molar-refractivity contribution in [3.05, 3.63) is 71.2 Å². The molecule has 2 unspecified atom stereocenters. The molecule has 0 amide bonds. The van der Waals surface area contributed by atoms with Gasteiger partial charge in [-0.1, -0.05) is 30.3 Å². The van der Waals surface area contributed by atoms with Crippen LogP contribution in [0.15, 0.2) is 53.8 Å². The third-order valence-corrected chi connectivity index (χ3v) is 5.40. The second-order valence-corrected chi connectivity index (χ2v) is 7.07. The van der Waals surface area contributed by atoms with Gasteiger partial charge in [-0.15, -0.1) is 0 Å². The summed E-state index contributed by atoms with van der Waals surface area (Å²) in [5.41, 5.74) is 3.07. The zero-order chi connectivity index (χ0) is 19.1. The molecule has 1 aromatic heterocycles. The quantitative estimate of drug-likeness (QED) is 0.696. The van der Waals surface area contributed by atoms with Crippen molar-refractivity contribution in [1.82, 2.24) is 9.58 Å². The van der Waals surface area contributed by atoms with Crippen molar-refractivity contribution in [1.29, 1.82) is 0 Å². The highest BCUT2D eigenvalue weighted by atomic mass is 19.1. The van der Waals surface area contributed by atoms with E-state index in [0.29, 0.717) is 18.1 Å². The summed E-state index contributed by atoms with van der Waals surface area (Å²) in [7, 11) is 1.97. The maximum atomic E-state index is 14.2. The van der Waals surface area contributed by atoms with Gasteiger partial charge in [0, 0.05) is 42.9 Å². The van der Waals surface area contributed by atoms with Gasteiger partial charge in [-0.25, -0.2) is 4.39 Å². The lowest BCUT2D eigenvalue weighted by Crippen LogP contribution is -2.24. The van der Waals surface area contributed by atoms with Crippen LogP contribution < -0.4 is 0 Å². The normalized spacial score (nSPS) is 19.6. The average molecular weight is 367 g/mol. The number of likely N-dealkylation sites (N-methyl/N-ethyl adjacent to an activating group) is 1. The first-order valence-electron chi connectivity index (χ1n) is 8.95. The Labute approximate surface area is 157 Å². The topological polar surface area (TPSA) is 61.0 Å². The van der Waals surface area contributed by atoms with Crippen LogP contribution in [0.25, 0.3) is 10.9 Å². The van der Waals surface area contributed by atoms with Gasteiger partial charge < -0.3 is 14.8 Å². The van der Waals surface area contributed by atoms with Crippen molar-refractivity contribution in [2.45, 2.75) is 31.7 Å². The number of aromatic nitrogens is 1. The van der Waals surface area contributed by atoms with Gasteiger partial charge in [0.15, 0.2) is 6.29 Å². The molecule has 140 valence electrons. The van der Waals surface area contributed by atoms with E-state index in [1.807, 2.05) is 35.0 Å². The van der Waals surface area contributed by atoms with E-state index in [2.05, 4.69) is 24.2 Å². The molecule has 1 aliphatic heterocycles. The lowest BCUT2D eigenvalue weighted by atomic mass is 9.93. The Morgan fingerprint density at radius 1 is 1.15 bits per heavy atom. The van der Waals surface area contributed by atoms with E-state index in [4.69, 9.17) is 0 Å². The molecular formula is C21H22FN3O2. The lowest BCUT2D eigenvalue weighted by molar-refractivity contribution is -0.0415. The number of nitrogens with zero attached hydrogens (tertiary/aromatic N) is 3. The van der Waals surface area contributed by atoms with E-state index in [0.717, 1.165) is 5.56 Å². The largest absolute Gasteiger partial charge is 0.364 e. The second kappa shape index (κ2) is 6.79. The number of hydrogen-bond donors (Lipinski definition) is 2. The molecule has 0 saturated carbocycles. The fraction of sp³-hybridized carbons (Fsp3) is 0.286. The molecular weight excluding hydrogens is 345 g/mol. The fourth-order valence-electron chi connectivity index (χ4n) is 3.71. The summed E-state index contributed by atoms with van der Waals surface area (Å²) in [5.74, 6) is -0.190. The first kappa shape index (κ1) is 17.7. The zero-order valence-electron chi connectivity index (χ0n) is 15.2. The van der Waals surface area contributed by atoms with Crippen LogP contribution >= 0.6 is 0 Å². The van der Waals surface area contributed by atoms with Gasteiger partial charge in [-0.3, -0.25) is 5.01 Å². The summed E-state index contributed by atoms with van der Waals surface area (Å²) in [4.78, 5) is 0. The van der Waals surface area contributed by atoms with E-state index < -0.39 is 12.1 Å². The highest BCUT2D eigenvalue weighted by molar-refractivity contribution is 5.85. The summed E-state index contributed by atoms with van der Waals surface area (Å²) < 4.78 is 16.0. The molecule has 0 spiro atoms. The number of hydrogen-bond acceptors (Lipinski definition) is 4. The first-order valence-corrected chi connectivity index (χ1v) is 8.95. The molecule has 2 atom stereocenters. The van der Waals surface area contributed by atoms with Crippen molar-refractivity contribution in [2.75, 3.05) is 7.05 Å². The summed E-state index contributed by atoms with van der Waals surface area (Å²) in [6.45, 7) is 2.66. The van der Waals surface area contributed by atoms with Gasteiger partial charge in [-0.2, -0.15) is 5.10 Å². The number of fused-ring (bicyclic) bond motifs is 1. The number of halogens is 1. The van der Waals surface area contributed by atoms with Gasteiger partial charge in [0.1, 0.15) is 5.82 Å². The Kier molecular flexibility index (Phi) is 4.45. The van der Waals surface area contributed by atoms with Crippen LogP contribution in [-0.4, -0.2) is 39.1 Å². The van der Waals surface area contributed by atoms with Crippen LogP contribution in [0, 0.1) is 5.82 Å². The van der Waals surface area contributed by atoms with E-state index in [9.17, 15) is 14.6 Å². The molecule has 4 rings (SSSR count). The summed E-state index contributed by atoms with van der Waals surface area (Å²) in [5, 5.41) is 25.7. The smallest absolute Gasteiger partial charge is 0.180 e. The minimum atomic E-state index is -1.71. The number of rotatable bonds is 4. The molecule has 5 nitrogen and oxygen atoms in total. The van der Waals surface area contributed by atoms with Crippen LogP contribution in [0.1, 0.15) is 35.8 Å². The monoisotopic (exact) mass is 367 g/mol. The predicted molar refractivity (Wildman–Crippen MR) is 103 cm³/mol. The van der Waals surface area contributed by atoms with E-state index in [1.54, 1.807) is 18.3 Å². The van der Waals surface area contributed by atoms with Crippen molar-refractivity contribution in [3.63, 3.8) is 0 Å². The zero-order valence-corrected chi connectivity index (χ0v) is 15.2. The molecule has 0 saturated heterocycles. The van der Waals surface area contributed by atoms with Crippen molar-refractivity contribution in [3.8, 4) is 0 Å². The third-order valence-electron chi connectivity index (χ3n) is 5.40. The second-order valence-electron chi connectivity index (χ2n) is 7.07. The van der Waals surface area contributed by atoms with E-state index in [1.165, 1.54) is 11.6 Å². The number of aliphatic hydroxyl groups excluding tert-OH is 1. The molecule has 2 N–H and O–H groups in total. The lowest BCUT2D eigenvalue weighted by Gasteiger charge is -2.20. The molecule has 2 heterocycles. The van der Waals surface area contributed by atoms with Gasteiger partial charge in [-0.05, 0) is 30.2 Å². The van der Waals surface area contributed by atoms with Gasteiger partial charge in [0.05, 0.1) is 11.6 Å². The number of hydrazone groups is 1. The summed E-state index contributed by atoms with van der Waals surface area (Å²) in [6.07, 6.45) is 1.86. The maximum absolute atomic E-state index is 14.2. The van der Waals surface area contributed by atoms with Crippen LogP contribution in [0.3, 0.4) is 0 Å². The van der Waals surface area contributed by atoms with Gasteiger partial charge in [0.2, 0.25) is 0 Å². The maximum Gasteiger partial charge on any atom is 0.180 e. The minimum absolute atomic E-state index is 0.179. The van der Waals surface area contributed by atoms with Crippen LogP contribution in [-0.2, 0) is 6.54 Å². The summed E-state index contributed by atoms with van der Waals surface area (Å²) >= 11 is 0. The van der Waals surface area contributed by atoms with Gasteiger partial charge >= 0.3 is 0 Å². The standard InChI is InChI=1S/C21H22FN3O2/c1-13-16(10-23-24(13)2)15-8-6-14(7-9-15)11-25-12-17(21(26)27)20-18(22)4-3-5-19(20)25/h3-10,12-13,16,21,26-27H,11H2,1-2H3. The molecule has 6 heteroatoms. The predicted octanol–water partition coefficient (Wildman–Crippen LogP) is 3.22. The SMILES string of the molecule is CC1C(c2ccc(Cn3cc(C(O)O)c4c(F)cccc43)cc2)C=NN1C. The molecule has 27 heavy (non-hydrogen) atoms. The van der Waals surface area contributed by atoms with E-state index >= 15 is 0 Å². The summed E-state index contributed by atoms with van der Waals surface area (Å²) in [6, 6.07) is 13.3. The molecule has 0 bridgehead atoms. The molecule has 0 fully saturated rings. The van der Waals surface area contributed by atoms with Crippen LogP contribution in [0.5, 0.6) is 0 Å². The minimum Gasteiger partial charge on any atom is -0.364 e. The molecule has 2 aromatic carbocycles. The third kappa shape index (κ3) is 3.11. The molecule has 0 aliphatic carbocycles. The van der Waals surface area contributed by atoms with Gasteiger partial charge in [0.25, 0.3) is 0 Å². The Bertz CT molecular complexity index is 995. The van der Waals surface area contributed by atoms with Crippen LogP contribution in [0.4, 0.5) is 4.39 Å². The first-order chi connectivity index (χ1) is 13.0. The highest BCUT2D eigenvalue weighted by Gasteiger charge is 2.25. The Hall–Kier alpha value is -2.70. The average Bonchev–Trinajstić information content (AvgIpc) is 3.18. The highest BCUT2D eigenvalue weighted by Crippen LogP contribution is 2.29. The van der Waals surface area contributed by atoms with Crippen molar-refractivity contribution in [2.24, 2.45) is 5.10 Å². The molecule has 1 aliphatic rings. The Morgan fingerprint density at radius 2 is 1.89 bits per heavy atom. The molecule has 3 aromatic rings. The Morgan fingerprint density at radius 3 is 2.52 bits per heavy atom. The fourth-order valence-corrected chi connectivity index (χ4v) is 3.71.